The molecule has 5 aromatic rings. The third kappa shape index (κ3) is 5.38. The zero-order valence-electron chi connectivity index (χ0n) is 21.2. The molecule has 0 unspecified atom stereocenters. The highest BCUT2D eigenvalue weighted by atomic mass is 35.5. The summed E-state index contributed by atoms with van der Waals surface area (Å²) < 4.78 is 11.6. The number of ether oxygens (including phenoxy) is 1. The highest BCUT2D eigenvalue weighted by Crippen LogP contribution is 2.28. The molecule has 1 fully saturated rings. The van der Waals surface area contributed by atoms with Crippen LogP contribution in [0.1, 0.15) is 21.7 Å². The van der Waals surface area contributed by atoms with Gasteiger partial charge in [-0.2, -0.15) is 0 Å². The van der Waals surface area contributed by atoms with E-state index in [9.17, 15) is 14.4 Å². The maximum atomic E-state index is 13.5. The second-order valence-electron chi connectivity index (χ2n) is 9.11. The number of anilines is 1. The molecule has 1 N–H and O–H groups in total. The third-order valence-corrected chi connectivity index (χ3v) is 6.89. The van der Waals surface area contributed by atoms with Crippen LogP contribution >= 0.6 is 23.8 Å². The highest BCUT2D eigenvalue weighted by molar-refractivity contribution is 7.80. The normalized spacial score (nSPS) is 14.4. The number of thiocarbonyl (C=S) groups is 1. The maximum absolute atomic E-state index is 13.5. The number of ketones is 1. The van der Waals surface area contributed by atoms with Crippen molar-refractivity contribution in [2.45, 2.75) is 0 Å². The second-order valence-corrected chi connectivity index (χ2v) is 9.93. The molecule has 0 aliphatic carbocycles. The lowest BCUT2D eigenvalue weighted by Crippen LogP contribution is -2.54. The standard InChI is InChI=1S/C32H19ClN2O5S/c33-22-9-7-20(8-10-22)29(36)28-18-21-16-19(6-15-27(21)40-28)17-26-30(37)34-32(41)35(31(26)38)23-11-13-25(14-12-23)39-24-4-2-1-3-5-24/h1-18H,(H,34,37,41). The molecule has 1 aliphatic rings. The molecule has 4 aromatic carbocycles. The van der Waals surface area contributed by atoms with Gasteiger partial charge in [-0.3, -0.25) is 24.6 Å². The Labute approximate surface area is 244 Å². The molecule has 0 saturated carbocycles. The van der Waals surface area contributed by atoms with Gasteiger partial charge < -0.3 is 9.15 Å². The number of furan rings is 1. The zero-order valence-corrected chi connectivity index (χ0v) is 22.7. The number of benzene rings is 4. The first-order valence-electron chi connectivity index (χ1n) is 12.4. The van der Waals surface area contributed by atoms with Gasteiger partial charge in [0.25, 0.3) is 11.8 Å². The van der Waals surface area contributed by atoms with Gasteiger partial charge >= 0.3 is 0 Å². The molecule has 1 saturated heterocycles. The van der Waals surface area contributed by atoms with E-state index in [2.05, 4.69) is 5.32 Å². The lowest BCUT2D eigenvalue weighted by molar-refractivity contribution is -0.122. The van der Waals surface area contributed by atoms with Crippen LogP contribution in [0.5, 0.6) is 11.5 Å². The minimum absolute atomic E-state index is 0.0236. The van der Waals surface area contributed by atoms with Crippen molar-refractivity contribution in [2.24, 2.45) is 0 Å². The van der Waals surface area contributed by atoms with Crippen molar-refractivity contribution in [1.29, 1.82) is 0 Å². The molecule has 1 aliphatic heterocycles. The van der Waals surface area contributed by atoms with Gasteiger partial charge in [0.05, 0.1) is 5.69 Å². The van der Waals surface area contributed by atoms with Crippen LogP contribution in [-0.2, 0) is 9.59 Å². The fourth-order valence-corrected chi connectivity index (χ4v) is 4.76. The van der Waals surface area contributed by atoms with E-state index in [1.165, 1.54) is 11.0 Å². The number of carbonyl (C=O) groups excluding carboxylic acids is 3. The molecule has 6 rings (SSSR count). The van der Waals surface area contributed by atoms with Crippen LogP contribution in [0.3, 0.4) is 0 Å². The van der Waals surface area contributed by atoms with E-state index in [4.69, 9.17) is 33.0 Å². The predicted molar refractivity (Wildman–Crippen MR) is 160 cm³/mol. The summed E-state index contributed by atoms with van der Waals surface area (Å²) >= 11 is 11.2. The minimum Gasteiger partial charge on any atom is -0.457 e. The molecule has 0 bridgehead atoms. The van der Waals surface area contributed by atoms with E-state index in [0.717, 1.165) is 0 Å². The Kier molecular flexibility index (Phi) is 6.93. The van der Waals surface area contributed by atoms with Crippen LogP contribution in [0.15, 0.2) is 113 Å². The summed E-state index contributed by atoms with van der Waals surface area (Å²) in [6.45, 7) is 0. The van der Waals surface area contributed by atoms with Crippen molar-refractivity contribution >= 4 is 69.3 Å². The summed E-state index contributed by atoms with van der Waals surface area (Å²) in [7, 11) is 0. The first-order chi connectivity index (χ1) is 19.9. The minimum atomic E-state index is -0.605. The maximum Gasteiger partial charge on any atom is 0.270 e. The molecule has 2 amide bonds. The second kappa shape index (κ2) is 10.8. The van der Waals surface area contributed by atoms with E-state index >= 15 is 0 Å². The number of fused-ring (bicyclic) bond motifs is 1. The number of amides is 2. The van der Waals surface area contributed by atoms with Gasteiger partial charge in [0.2, 0.25) is 5.78 Å². The predicted octanol–water partition coefficient (Wildman–Crippen LogP) is 6.94. The number of hydrogen-bond donors (Lipinski definition) is 1. The van der Waals surface area contributed by atoms with Gasteiger partial charge in [-0.1, -0.05) is 35.9 Å². The molecule has 41 heavy (non-hydrogen) atoms. The van der Waals surface area contributed by atoms with E-state index in [0.29, 0.717) is 44.3 Å². The van der Waals surface area contributed by atoms with Crippen molar-refractivity contribution in [1.82, 2.24) is 5.32 Å². The first kappa shape index (κ1) is 26.2. The Morgan fingerprint density at radius 1 is 0.878 bits per heavy atom. The van der Waals surface area contributed by atoms with E-state index in [1.54, 1.807) is 72.8 Å². The molecule has 0 spiro atoms. The number of carbonyl (C=O) groups is 3. The fourth-order valence-electron chi connectivity index (χ4n) is 4.35. The van der Waals surface area contributed by atoms with Crippen LogP contribution in [0, 0.1) is 0 Å². The number of halogens is 1. The average molecular weight is 579 g/mol. The molecular weight excluding hydrogens is 560 g/mol. The van der Waals surface area contributed by atoms with Gasteiger partial charge in [-0.25, -0.2) is 0 Å². The SMILES string of the molecule is O=C1NC(=S)N(c2ccc(Oc3ccccc3)cc2)C(=O)C1=Cc1ccc2oc(C(=O)c3ccc(Cl)cc3)cc2c1. The molecule has 1 aromatic heterocycles. The number of rotatable bonds is 6. The molecule has 200 valence electrons. The Hall–Kier alpha value is -5.05. The van der Waals surface area contributed by atoms with Gasteiger partial charge in [0.1, 0.15) is 22.7 Å². The Morgan fingerprint density at radius 3 is 2.32 bits per heavy atom. The van der Waals surface area contributed by atoms with Crippen molar-refractivity contribution in [2.75, 3.05) is 4.90 Å². The summed E-state index contributed by atoms with van der Waals surface area (Å²) in [4.78, 5) is 40.4. The molecule has 9 heteroatoms. The van der Waals surface area contributed by atoms with Gasteiger partial charge in [0, 0.05) is 16.0 Å². The van der Waals surface area contributed by atoms with Crippen LogP contribution < -0.4 is 15.0 Å². The summed E-state index contributed by atoms with van der Waals surface area (Å²) in [5.41, 5.74) is 1.88. The largest absolute Gasteiger partial charge is 0.457 e. The number of hydrogen-bond acceptors (Lipinski definition) is 6. The monoisotopic (exact) mass is 578 g/mol. The van der Waals surface area contributed by atoms with Gasteiger partial charge in [0.15, 0.2) is 10.9 Å². The topological polar surface area (TPSA) is 88.8 Å². The number of nitrogens with zero attached hydrogens (tertiary/aromatic N) is 1. The Balaban J connectivity index is 1.25. The highest BCUT2D eigenvalue weighted by Gasteiger charge is 2.34. The first-order valence-corrected chi connectivity index (χ1v) is 13.2. The smallest absolute Gasteiger partial charge is 0.270 e. The van der Waals surface area contributed by atoms with E-state index in [-0.39, 0.29) is 22.2 Å². The molecule has 0 radical (unpaired) electrons. The summed E-state index contributed by atoms with van der Waals surface area (Å²) in [5, 5.41) is 3.73. The van der Waals surface area contributed by atoms with E-state index in [1.807, 2.05) is 30.3 Å². The molecule has 0 atom stereocenters. The van der Waals surface area contributed by atoms with Crippen LogP contribution in [0.4, 0.5) is 5.69 Å². The summed E-state index contributed by atoms with van der Waals surface area (Å²) in [6.07, 6.45) is 1.48. The molecule has 7 nitrogen and oxygen atoms in total. The quantitative estimate of drug-likeness (QED) is 0.102. The van der Waals surface area contributed by atoms with Crippen LogP contribution in [-0.4, -0.2) is 22.7 Å². The average Bonchev–Trinajstić information content (AvgIpc) is 3.40. The zero-order chi connectivity index (χ0) is 28.5. The summed E-state index contributed by atoms with van der Waals surface area (Å²) in [5.74, 6) is -0.0397. The van der Waals surface area contributed by atoms with Crippen molar-refractivity contribution in [3.05, 3.63) is 131 Å². The van der Waals surface area contributed by atoms with Crippen molar-refractivity contribution in [3.8, 4) is 11.5 Å². The van der Waals surface area contributed by atoms with Gasteiger partial charge in [-0.05, 0) is 103 Å². The Bertz CT molecular complexity index is 1860. The third-order valence-electron chi connectivity index (χ3n) is 6.36. The number of nitrogens with one attached hydrogen (secondary N) is 1. The van der Waals surface area contributed by atoms with E-state index < -0.39 is 11.8 Å². The lowest BCUT2D eigenvalue weighted by Gasteiger charge is -2.29. The molecule has 2 heterocycles. The van der Waals surface area contributed by atoms with Crippen molar-refractivity contribution < 1.29 is 23.5 Å². The van der Waals surface area contributed by atoms with Crippen LogP contribution in [0.25, 0.3) is 17.0 Å². The lowest BCUT2D eigenvalue weighted by atomic mass is 10.1. The Morgan fingerprint density at radius 2 is 1.59 bits per heavy atom. The van der Waals surface area contributed by atoms with Gasteiger partial charge in [-0.15, -0.1) is 0 Å². The van der Waals surface area contributed by atoms with Crippen molar-refractivity contribution in [3.63, 3.8) is 0 Å². The number of para-hydroxylation sites is 1. The fraction of sp³-hybridized carbons (Fsp3) is 0. The van der Waals surface area contributed by atoms with Crippen LogP contribution in [0.2, 0.25) is 5.02 Å². The molecular formula is C32H19ClN2O5S. The summed E-state index contributed by atoms with van der Waals surface area (Å²) in [6, 6.07) is 29.4.